The molecule has 2 aliphatic rings. The molecule has 0 aromatic heterocycles. The molecule has 1 aliphatic heterocycles. The normalized spacial score (nSPS) is 33.2. The number of ether oxygens (including phenoxy) is 1. The lowest BCUT2D eigenvalue weighted by molar-refractivity contribution is 0.0915. The molecule has 1 saturated carbocycles. The number of aliphatic imine (C=N–C) groups is 1. The minimum absolute atomic E-state index is 0.196. The second-order valence-electron chi connectivity index (χ2n) is 7.96. The highest BCUT2D eigenvalue weighted by Gasteiger charge is 2.30. The van der Waals surface area contributed by atoms with Crippen LogP contribution in [-0.2, 0) is 4.74 Å². The molecule has 4 nitrogen and oxygen atoms in total. The zero-order valence-electron chi connectivity index (χ0n) is 15.9. The second-order valence-corrected chi connectivity index (χ2v) is 7.96. The fourth-order valence-corrected chi connectivity index (χ4v) is 4.53. The van der Waals surface area contributed by atoms with Gasteiger partial charge in [-0.25, -0.2) is 0 Å². The number of hydrogen-bond acceptors (Lipinski definition) is 2. The van der Waals surface area contributed by atoms with Crippen LogP contribution in [0.3, 0.4) is 0 Å². The van der Waals surface area contributed by atoms with E-state index in [1.54, 1.807) is 0 Å². The summed E-state index contributed by atoms with van der Waals surface area (Å²) in [5, 5.41) is 7.19. The third-order valence-electron chi connectivity index (χ3n) is 5.62. The summed E-state index contributed by atoms with van der Waals surface area (Å²) in [6, 6.07) is 11.1. The van der Waals surface area contributed by atoms with Crippen LogP contribution < -0.4 is 10.6 Å². The maximum Gasteiger partial charge on any atom is 0.191 e. The van der Waals surface area contributed by atoms with E-state index in [9.17, 15) is 0 Å². The Bertz CT molecular complexity index is 550. The van der Waals surface area contributed by atoms with Crippen LogP contribution in [0.15, 0.2) is 35.3 Å². The third kappa shape index (κ3) is 4.97. The first kappa shape index (κ1) is 18.2. The molecule has 4 atom stereocenters. The van der Waals surface area contributed by atoms with Crippen LogP contribution in [0.5, 0.6) is 0 Å². The average Bonchev–Trinajstić information content (AvgIpc) is 3.07. The number of benzene rings is 1. The van der Waals surface area contributed by atoms with Gasteiger partial charge in [-0.1, -0.05) is 44.2 Å². The number of nitrogens with one attached hydrogen (secondary N) is 2. The Morgan fingerprint density at radius 3 is 2.52 bits per heavy atom. The van der Waals surface area contributed by atoms with E-state index < -0.39 is 0 Å². The fraction of sp³-hybridized carbons (Fsp3) is 0.667. The lowest BCUT2D eigenvalue weighted by Gasteiger charge is -2.33. The van der Waals surface area contributed by atoms with Gasteiger partial charge in [0.25, 0.3) is 0 Å². The van der Waals surface area contributed by atoms with Crippen molar-refractivity contribution in [3.05, 3.63) is 35.9 Å². The van der Waals surface area contributed by atoms with Gasteiger partial charge >= 0.3 is 0 Å². The van der Waals surface area contributed by atoms with Gasteiger partial charge in [0.1, 0.15) is 0 Å². The zero-order chi connectivity index (χ0) is 17.6. The van der Waals surface area contributed by atoms with Gasteiger partial charge in [-0.2, -0.15) is 0 Å². The van der Waals surface area contributed by atoms with Crippen molar-refractivity contribution >= 4 is 5.96 Å². The lowest BCUT2D eigenvalue weighted by Crippen LogP contribution is -2.47. The van der Waals surface area contributed by atoms with Gasteiger partial charge in [-0.3, -0.25) is 4.99 Å². The largest absolute Gasteiger partial charge is 0.373 e. The minimum atomic E-state index is 0.196. The average molecular weight is 344 g/mol. The smallest absolute Gasteiger partial charge is 0.191 e. The molecular formula is C21H33N3O. The standard InChI is InChI=1S/C21H33N3O/c1-15-11-16(2)13-19(12-15)24-21(22-3)23-14-18-9-10-25-20(18)17-7-5-4-6-8-17/h4-8,15-16,18-20H,9-14H2,1-3H3,(H2,22,23,24). The van der Waals surface area contributed by atoms with Gasteiger partial charge in [0.05, 0.1) is 6.10 Å². The van der Waals surface area contributed by atoms with Gasteiger partial charge in [0.2, 0.25) is 0 Å². The lowest BCUT2D eigenvalue weighted by atomic mass is 9.80. The third-order valence-corrected chi connectivity index (χ3v) is 5.62. The summed E-state index contributed by atoms with van der Waals surface area (Å²) in [7, 11) is 1.87. The van der Waals surface area contributed by atoms with Crippen LogP contribution in [0, 0.1) is 17.8 Å². The Kier molecular flexibility index (Phi) is 6.35. The summed E-state index contributed by atoms with van der Waals surface area (Å²) in [6.45, 7) is 6.47. The SMILES string of the molecule is CN=C(NCC1CCOC1c1ccccc1)NC1CC(C)CC(C)C1. The summed E-state index contributed by atoms with van der Waals surface area (Å²) in [5.74, 6) is 3.02. The van der Waals surface area contributed by atoms with Crippen molar-refractivity contribution in [1.29, 1.82) is 0 Å². The van der Waals surface area contributed by atoms with Gasteiger partial charge in [0, 0.05) is 32.2 Å². The molecule has 1 saturated heterocycles. The number of rotatable bonds is 4. The highest BCUT2D eigenvalue weighted by Crippen LogP contribution is 2.34. The van der Waals surface area contributed by atoms with Crippen molar-refractivity contribution in [2.75, 3.05) is 20.2 Å². The van der Waals surface area contributed by atoms with Crippen molar-refractivity contribution in [2.45, 2.75) is 51.7 Å². The van der Waals surface area contributed by atoms with Gasteiger partial charge < -0.3 is 15.4 Å². The van der Waals surface area contributed by atoms with E-state index >= 15 is 0 Å². The van der Waals surface area contributed by atoms with Crippen molar-refractivity contribution in [2.24, 2.45) is 22.7 Å². The van der Waals surface area contributed by atoms with Crippen LogP contribution in [0.4, 0.5) is 0 Å². The topological polar surface area (TPSA) is 45.7 Å². The molecule has 1 aliphatic carbocycles. The molecule has 0 spiro atoms. The van der Waals surface area contributed by atoms with Gasteiger partial charge in [-0.15, -0.1) is 0 Å². The van der Waals surface area contributed by atoms with Crippen molar-refractivity contribution in [3.63, 3.8) is 0 Å². The maximum absolute atomic E-state index is 6.00. The number of hydrogen-bond donors (Lipinski definition) is 2. The molecule has 1 aromatic carbocycles. The molecular weight excluding hydrogens is 310 g/mol. The molecule has 4 heteroatoms. The number of guanidine groups is 1. The fourth-order valence-electron chi connectivity index (χ4n) is 4.53. The molecule has 2 N–H and O–H groups in total. The highest BCUT2D eigenvalue weighted by atomic mass is 16.5. The Morgan fingerprint density at radius 1 is 1.12 bits per heavy atom. The summed E-state index contributed by atoms with van der Waals surface area (Å²) in [6.07, 6.45) is 5.12. The van der Waals surface area contributed by atoms with Gasteiger partial charge in [-0.05, 0) is 43.1 Å². The van der Waals surface area contributed by atoms with Crippen molar-refractivity contribution in [3.8, 4) is 0 Å². The van der Waals surface area contributed by atoms with E-state index in [0.29, 0.717) is 12.0 Å². The maximum atomic E-state index is 6.00. The monoisotopic (exact) mass is 343 g/mol. The van der Waals surface area contributed by atoms with Crippen molar-refractivity contribution < 1.29 is 4.74 Å². The second kappa shape index (κ2) is 8.70. The Hall–Kier alpha value is -1.55. The van der Waals surface area contributed by atoms with E-state index in [1.165, 1.54) is 24.8 Å². The van der Waals surface area contributed by atoms with Gasteiger partial charge in [0.15, 0.2) is 5.96 Å². The first-order chi connectivity index (χ1) is 12.2. The van der Waals surface area contributed by atoms with Crippen LogP contribution in [0.2, 0.25) is 0 Å². The molecule has 3 rings (SSSR count). The van der Waals surface area contributed by atoms with E-state index in [2.05, 4.69) is 59.8 Å². The van der Waals surface area contributed by atoms with E-state index in [4.69, 9.17) is 4.74 Å². The predicted molar refractivity (Wildman–Crippen MR) is 104 cm³/mol. The Labute approximate surface area is 152 Å². The molecule has 4 unspecified atom stereocenters. The minimum Gasteiger partial charge on any atom is -0.373 e. The molecule has 1 aromatic rings. The molecule has 1 heterocycles. The molecule has 0 bridgehead atoms. The van der Waals surface area contributed by atoms with E-state index in [1.807, 2.05) is 7.05 Å². The Morgan fingerprint density at radius 2 is 1.84 bits per heavy atom. The summed E-state index contributed by atoms with van der Waals surface area (Å²) >= 11 is 0. The first-order valence-corrected chi connectivity index (χ1v) is 9.79. The summed E-state index contributed by atoms with van der Waals surface area (Å²) in [5.41, 5.74) is 1.28. The molecule has 138 valence electrons. The van der Waals surface area contributed by atoms with Crippen molar-refractivity contribution in [1.82, 2.24) is 10.6 Å². The molecule has 2 fully saturated rings. The summed E-state index contributed by atoms with van der Waals surface area (Å²) < 4.78 is 6.00. The van der Waals surface area contributed by atoms with E-state index in [-0.39, 0.29) is 6.10 Å². The van der Waals surface area contributed by atoms with Crippen LogP contribution in [-0.4, -0.2) is 32.2 Å². The molecule has 25 heavy (non-hydrogen) atoms. The highest BCUT2D eigenvalue weighted by molar-refractivity contribution is 5.80. The van der Waals surface area contributed by atoms with Crippen LogP contribution in [0.1, 0.15) is 51.2 Å². The summed E-state index contributed by atoms with van der Waals surface area (Å²) in [4.78, 5) is 4.44. The number of nitrogens with zero attached hydrogens (tertiary/aromatic N) is 1. The molecule has 0 radical (unpaired) electrons. The first-order valence-electron chi connectivity index (χ1n) is 9.79. The van der Waals surface area contributed by atoms with Crippen LogP contribution in [0.25, 0.3) is 0 Å². The van der Waals surface area contributed by atoms with E-state index in [0.717, 1.165) is 37.4 Å². The Balaban J connectivity index is 1.52. The van der Waals surface area contributed by atoms with Crippen LogP contribution >= 0.6 is 0 Å². The molecule has 0 amide bonds. The quantitative estimate of drug-likeness (QED) is 0.646. The predicted octanol–water partition coefficient (Wildman–Crippen LogP) is 3.75. The zero-order valence-corrected chi connectivity index (χ0v) is 15.9.